The van der Waals surface area contributed by atoms with Crippen LogP contribution in [0.3, 0.4) is 0 Å². The Morgan fingerprint density at radius 2 is 2.00 bits per heavy atom. The van der Waals surface area contributed by atoms with Crippen LogP contribution in [0.15, 0.2) is 35.4 Å². The predicted molar refractivity (Wildman–Crippen MR) is 84.0 cm³/mol. The molecule has 3 nitrogen and oxygen atoms in total. The second kappa shape index (κ2) is 5.26. The fraction of sp³-hybridized carbons (Fsp3) is 0.438. The summed E-state index contributed by atoms with van der Waals surface area (Å²) in [7, 11) is 2.00. The van der Waals surface area contributed by atoms with Gasteiger partial charge in [0, 0.05) is 18.3 Å². The van der Waals surface area contributed by atoms with Gasteiger partial charge in [0.25, 0.3) is 0 Å². The van der Waals surface area contributed by atoms with Crippen LogP contribution < -0.4 is 5.73 Å². The summed E-state index contributed by atoms with van der Waals surface area (Å²) in [6.07, 6.45) is 1.12. The van der Waals surface area contributed by atoms with Crippen molar-refractivity contribution in [2.45, 2.75) is 42.5 Å². The van der Waals surface area contributed by atoms with Crippen LogP contribution in [0.25, 0.3) is 0 Å². The Morgan fingerprint density at radius 3 is 2.65 bits per heavy atom. The van der Waals surface area contributed by atoms with E-state index in [-0.39, 0.29) is 6.04 Å². The molecule has 0 spiro atoms. The van der Waals surface area contributed by atoms with Gasteiger partial charge in [0.05, 0.1) is 10.7 Å². The van der Waals surface area contributed by atoms with Gasteiger partial charge in [-0.05, 0) is 36.5 Å². The van der Waals surface area contributed by atoms with Crippen LogP contribution in [-0.4, -0.2) is 15.0 Å². The standard InChI is InChI=1S/C16H21N3S/c1-10-8-14(20-15-9-11(2)18-19(15)3)16(17)13-7-5-4-6-12(10)13/h4-7,9-10,14,16H,8,17H2,1-3H3. The molecule has 4 heteroatoms. The van der Waals surface area contributed by atoms with E-state index in [1.54, 1.807) is 0 Å². The van der Waals surface area contributed by atoms with Crippen LogP contribution in [0.2, 0.25) is 0 Å². The normalized spacial score (nSPS) is 25.5. The number of fused-ring (bicyclic) bond motifs is 1. The lowest BCUT2D eigenvalue weighted by Gasteiger charge is -2.34. The average molecular weight is 287 g/mol. The summed E-state index contributed by atoms with van der Waals surface area (Å²) in [6.45, 7) is 4.33. The molecular weight excluding hydrogens is 266 g/mol. The Bertz CT molecular complexity index is 620. The summed E-state index contributed by atoms with van der Waals surface area (Å²) in [4.78, 5) is 0. The van der Waals surface area contributed by atoms with Crippen LogP contribution in [-0.2, 0) is 7.05 Å². The van der Waals surface area contributed by atoms with E-state index in [0.29, 0.717) is 11.2 Å². The average Bonchev–Trinajstić information content (AvgIpc) is 2.74. The van der Waals surface area contributed by atoms with Crippen molar-refractivity contribution in [3.63, 3.8) is 0 Å². The molecule has 3 atom stereocenters. The lowest BCUT2D eigenvalue weighted by Crippen LogP contribution is -2.31. The van der Waals surface area contributed by atoms with Crippen LogP contribution in [0.1, 0.15) is 42.1 Å². The molecule has 0 amide bonds. The summed E-state index contributed by atoms with van der Waals surface area (Å²) in [5.74, 6) is 0.567. The number of aryl methyl sites for hydroxylation is 2. The van der Waals surface area contributed by atoms with Crippen molar-refractivity contribution in [2.75, 3.05) is 0 Å². The van der Waals surface area contributed by atoms with Crippen molar-refractivity contribution < 1.29 is 0 Å². The molecule has 0 fully saturated rings. The summed E-state index contributed by atoms with van der Waals surface area (Å²) < 4.78 is 1.96. The van der Waals surface area contributed by atoms with E-state index in [1.807, 2.05) is 30.4 Å². The molecule has 3 rings (SSSR count). The molecule has 1 heterocycles. The van der Waals surface area contributed by atoms with Crippen molar-refractivity contribution >= 4 is 11.8 Å². The number of thioether (sulfide) groups is 1. The number of hydrogen-bond donors (Lipinski definition) is 1. The monoisotopic (exact) mass is 287 g/mol. The van der Waals surface area contributed by atoms with Crippen LogP contribution in [0, 0.1) is 6.92 Å². The van der Waals surface area contributed by atoms with Gasteiger partial charge in [-0.15, -0.1) is 11.8 Å². The minimum absolute atomic E-state index is 0.0996. The van der Waals surface area contributed by atoms with Gasteiger partial charge in [0.15, 0.2) is 0 Å². The molecule has 0 bridgehead atoms. The van der Waals surface area contributed by atoms with Gasteiger partial charge in [-0.1, -0.05) is 31.2 Å². The summed E-state index contributed by atoms with van der Waals surface area (Å²) in [6, 6.07) is 10.8. The highest BCUT2D eigenvalue weighted by Gasteiger charge is 2.31. The van der Waals surface area contributed by atoms with Gasteiger partial charge >= 0.3 is 0 Å². The summed E-state index contributed by atoms with van der Waals surface area (Å²) >= 11 is 1.86. The molecule has 3 unspecified atom stereocenters. The SMILES string of the molecule is Cc1cc(SC2CC(C)c3ccccc3C2N)n(C)n1. The maximum Gasteiger partial charge on any atom is 0.0942 e. The Morgan fingerprint density at radius 1 is 1.30 bits per heavy atom. The van der Waals surface area contributed by atoms with E-state index in [2.05, 4.69) is 42.4 Å². The Kier molecular flexibility index (Phi) is 3.61. The maximum atomic E-state index is 6.51. The quantitative estimate of drug-likeness (QED) is 0.920. The zero-order chi connectivity index (χ0) is 14.3. The number of benzene rings is 1. The number of nitrogens with zero attached hydrogens (tertiary/aromatic N) is 2. The highest BCUT2D eigenvalue weighted by atomic mass is 32.2. The first kappa shape index (κ1) is 13.7. The number of hydrogen-bond acceptors (Lipinski definition) is 3. The zero-order valence-corrected chi connectivity index (χ0v) is 13.0. The Labute approximate surface area is 124 Å². The van der Waals surface area contributed by atoms with Crippen molar-refractivity contribution in [3.8, 4) is 0 Å². The lowest BCUT2D eigenvalue weighted by atomic mass is 9.81. The summed E-state index contributed by atoms with van der Waals surface area (Å²) in [5.41, 5.74) is 10.3. The molecule has 0 radical (unpaired) electrons. The minimum atomic E-state index is 0.0996. The van der Waals surface area contributed by atoms with E-state index in [0.717, 1.165) is 12.1 Å². The minimum Gasteiger partial charge on any atom is -0.323 e. The smallest absolute Gasteiger partial charge is 0.0942 e. The van der Waals surface area contributed by atoms with Gasteiger partial charge in [-0.2, -0.15) is 5.10 Å². The van der Waals surface area contributed by atoms with Gasteiger partial charge in [0.1, 0.15) is 0 Å². The highest BCUT2D eigenvalue weighted by molar-refractivity contribution is 7.99. The van der Waals surface area contributed by atoms with Crippen LogP contribution >= 0.6 is 11.8 Å². The van der Waals surface area contributed by atoms with E-state index in [9.17, 15) is 0 Å². The van der Waals surface area contributed by atoms with E-state index >= 15 is 0 Å². The number of nitrogens with two attached hydrogens (primary N) is 1. The molecule has 2 N–H and O–H groups in total. The second-order valence-corrected chi connectivity index (χ2v) is 6.95. The molecule has 0 aliphatic heterocycles. The van der Waals surface area contributed by atoms with Gasteiger partial charge < -0.3 is 5.73 Å². The van der Waals surface area contributed by atoms with E-state index < -0.39 is 0 Å². The van der Waals surface area contributed by atoms with Gasteiger partial charge in [-0.3, -0.25) is 4.68 Å². The molecule has 1 aromatic carbocycles. The van der Waals surface area contributed by atoms with Crippen LogP contribution in [0.4, 0.5) is 0 Å². The molecule has 0 saturated carbocycles. The predicted octanol–water partition coefficient (Wildman–Crippen LogP) is 3.40. The molecule has 1 aliphatic rings. The topological polar surface area (TPSA) is 43.8 Å². The fourth-order valence-corrected chi connectivity index (χ4v) is 4.48. The lowest BCUT2D eigenvalue weighted by molar-refractivity contribution is 0.526. The first-order valence-corrected chi connectivity index (χ1v) is 7.96. The van der Waals surface area contributed by atoms with Crippen LogP contribution in [0.5, 0.6) is 0 Å². The molecule has 106 valence electrons. The maximum absolute atomic E-state index is 6.51. The van der Waals surface area contributed by atoms with Crippen molar-refractivity contribution in [1.29, 1.82) is 0 Å². The van der Waals surface area contributed by atoms with Gasteiger partial charge in [0.2, 0.25) is 0 Å². The number of rotatable bonds is 2. The second-order valence-electron chi connectivity index (χ2n) is 5.70. The molecule has 1 aliphatic carbocycles. The third-order valence-electron chi connectivity index (χ3n) is 4.10. The molecule has 0 saturated heterocycles. The van der Waals surface area contributed by atoms with Crippen molar-refractivity contribution in [3.05, 3.63) is 47.2 Å². The Hall–Kier alpha value is -1.26. The van der Waals surface area contributed by atoms with Gasteiger partial charge in [-0.25, -0.2) is 0 Å². The third-order valence-corrected chi connectivity index (χ3v) is 5.52. The zero-order valence-electron chi connectivity index (χ0n) is 12.2. The highest BCUT2D eigenvalue weighted by Crippen LogP contribution is 2.43. The molecular formula is C16H21N3S. The molecule has 20 heavy (non-hydrogen) atoms. The molecule has 2 aromatic rings. The summed E-state index contributed by atoms with van der Waals surface area (Å²) in [5, 5.41) is 6.03. The Balaban J connectivity index is 1.88. The number of aromatic nitrogens is 2. The van der Waals surface area contributed by atoms with Crippen molar-refractivity contribution in [2.24, 2.45) is 12.8 Å². The van der Waals surface area contributed by atoms with Crippen molar-refractivity contribution in [1.82, 2.24) is 9.78 Å². The first-order valence-electron chi connectivity index (χ1n) is 7.08. The third kappa shape index (κ3) is 2.38. The van der Waals surface area contributed by atoms with E-state index in [1.165, 1.54) is 16.2 Å². The van der Waals surface area contributed by atoms with E-state index in [4.69, 9.17) is 5.73 Å². The fourth-order valence-electron chi connectivity index (χ4n) is 3.06. The largest absolute Gasteiger partial charge is 0.323 e. The first-order chi connectivity index (χ1) is 9.56. The molecule has 1 aromatic heterocycles.